The fraction of sp³-hybridized carbons (Fsp3) is 0.240. The van der Waals surface area contributed by atoms with Crippen LogP contribution in [-0.4, -0.2) is 47.8 Å². The fourth-order valence-electron chi connectivity index (χ4n) is 4.01. The first-order chi connectivity index (χ1) is 19.0. The van der Waals surface area contributed by atoms with Gasteiger partial charge >= 0.3 is 6.18 Å². The molecule has 2 aromatic carbocycles. The Labute approximate surface area is 229 Å². The highest BCUT2D eigenvalue weighted by atomic mass is 35.5. The van der Waals surface area contributed by atoms with Gasteiger partial charge in [0.05, 0.1) is 45.8 Å². The number of rotatable bonds is 7. The molecule has 0 spiro atoms. The Balaban J connectivity index is 1.54. The fourth-order valence-corrected chi connectivity index (χ4v) is 4.22. The maximum absolute atomic E-state index is 13.6. The zero-order valence-electron chi connectivity index (χ0n) is 20.7. The van der Waals surface area contributed by atoms with Crippen molar-refractivity contribution in [2.45, 2.75) is 38.5 Å². The van der Waals surface area contributed by atoms with Crippen molar-refractivity contribution in [2.75, 3.05) is 5.32 Å². The van der Waals surface area contributed by atoms with Gasteiger partial charge in [0.1, 0.15) is 5.69 Å². The van der Waals surface area contributed by atoms with Crippen LogP contribution in [0.25, 0.3) is 5.69 Å². The molecule has 2 N–H and O–H groups in total. The van der Waals surface area contributed by atoms with Gasteiger partial charge in [0.2, 0.25) is 0 Å². The van der Waals surface area contributed by atoms with Crippen LogP contribution in [-0.2, 0) is 12.7 Å². The van der Waals surface area contributed by atoms with Gasteiger partial charge in [0.25, 0.3) is 17.6 Å². The maximum Gasteiger partial charge on any atom is 0.453 e. The number of alkyl halides is 3. The van der Waals surface area contributed by atoms with E-state index in [-0.39, 0.29) is 45.0 Å². The molecule has 2 amide bonds. The average Bonchev–Trinajstić information content (AvgIpc) is 3.41. The van der Waals surface area contributed by atoms with E-state index in [1.807, 2.05) is 6.07 Å². The molecule has 2 heterocycles. The van der Waals surface area contributed by atoms with Gasteiger partial charge < -0.3 is 10.6 Å². The summed E-state index contributed by atoms with van der Waals surface area (Å²) in [7, 11) is 0. The van der Waals surface area contributed by atoms with E-state index in [9.17, 15) is 28.0 Å². The second kappa shape index (κ2) is 10.4. The van der Waals surface area contributed by atoms with Crippen LogP contribution >= 0.6 is 11.6 Å². The number of nitriles is 1. The quantitative estimate of drug-likeness (QED) is 0.343. The Morgan fingerprint density at radius 2 is 1.93 bits per heavy atom. The summed E-state index contributed by atoms with van der Waals surface area (Å²) < 4.78 is 41.6. The van der Waals surface area contributed by atoms with E-state index in [0.29, 0.717) is 10.2 Å². The molecule has 4 aromatic rings. The number of tetrazole rings is 1. The van der Waals surface area contributed by atoms with Gasteiger partial charge in [-0.2, -0.15) is 23.5 Å². The van der Waals surface area contributed by atoms with Crippen LogP contribution in [0.5, 0.6) is 0 Å². The molecule has 1 aliphatic rings. The van der Waals surface area contributed by atoms with Crippen molar-refractivity contribution in [1.82, 2.24) is 35.3 Å². The second-order valence-electron chi connectivity index (χ2n) is 9.07. The summed E-state index contributed by atoms with van der Waals surface area (Å²) in [4.78, 5) is 26.6. The first-order valence-corrected chi connectivity index (χ1v) is 12.3. The Bertz CT molecular complexity index is 1670. The third kappa shape index (κ3) is 5.50. The number of para-hydroxylation sites is 1. The lowest BCUT2D eigenvalue weighted by molar-refractivity contribution is -0.147. The minimum atomic E-state index is -4.81. The van der Waals surface area contributed by atoms with E-state index >= 15 is 0 Å². The Morgan fingerprint density at radius 1 is 1.18 bits per heavy atom. The lowest BCUT2D eigenvalue weighted by atomic mass is 10.0. The predicted molar refractivity (Wildman–Crippen MR) is 135 cm³/mol. The summed E-state index contributed by atoms with van der Waals surface area (Å²) in [5.41, 5.74) is 1.21. The molecule has 5 rings (SSSR count). The van der Waals surface area contributed by atoms with Gasteiger partial charge in [-0.3, -0.25) is 9.59 Å². The van der Waals surface area contributed by atoms with Crippen LogP contribution in [0.1, 0.15) is 56.3 Å². The highest BCUT2D eigenvalue weighted by Crippen LogP contribution is 2.29. The van der Waals surface area contributed by atoms with Gasteiger partial charge in [0.15, 0.2) is 0 Å². The maximum atomic E-state index is 13.6. The molecule has 0 unspecified atom stereocenters. The van der Waals surface area contributed by atoms with Gasteiger partial charge in [-0.1, -0.05) is 23.7 Å². The molecule has 0 atom stereocenters. The SMILES string of the molecule is Cc1cc(C#N)cc(C(=O)NC2CC2)c1NC(=O)c1cc(Cn2nnnc2C(F)(F)F)nn1-c1ccccc1Cl. The summed E-state index contributed by atoms with van der Waals surface area (Å²) in [5, 5.41) is 29.0. The molecule has 1 saturated carbocycles. The lowest BCUT2D eigenvalue weighted by Gasteiger charge is -2.15. The Morgan fingerprint density at radius 3 is 2.60 bits per heavy atom. The number of benzene rings is 2. The molecule has 204 valence electrons. The standard InChI is InChI=1S/C25H19ClF3N9O2/c1-13-8-14(11-30)9-17(22(39)31-15-6-7-15)21(13)32-23(40)20-10-16(12-37-24(25(27,28)29)33-35-36-37)34-38(20)19-5-3-2-4-18(19)26/h2-5,8-10,15H,6-7,12H2,1H3,(H,31,39)(H,32,40). The number of aromatic nitrogens is 6. The number of amides is 2. The summed E-state index contributed by atoms with van der Waals surface area (Å²) in [6, 6.07) is 12.7. The van der Waals surface area contributed by atoms with Crippen molar-refractivity contribution < 1.29 is 22.8 Å². The third-order valence-electron chi connectivity index (χ3n) is 6.03. The number of nitrogens with one attached hydrogen (secondary N) is 2. The monoisotopic (exact) mass is 569 g/mol. The highest BCUT2D eigenvalue weighted by Gasteiger charge is 2.38. The van der Waals surface area contributed by atoms with Gasteiger partial charge in [-0.15, -0.1) is 5.10 Å². The van der Waals surface area contributed by atoms with E-state index in [0.717, 1.165) is 12.8 Å². The number of hydrogen-bond acceptors (Lipinski definition) is 7. The van der Waals surface area contributed by atoms with Crippen molar-refractivity contribution in [1.29, 1.82) is 5.26 Å². The Kier molecular flexibility index (Phi) is 6.99. The van der Waals surface area contributed by atoms with Crippen molar-refractivity contribution in [3.63, 3.8) is 0 Å². The van der Waals surface area contributed by atoms with Crippen LogP contribution in [0.4, 0.5) is 18.9 Å². The molecule has 0 bridgehead atoms. The van der Waals surface area contributed by atoms with Gasteiger partial charge in [-0.05, 0) is 66.1 Å². The minimum Gasteiger partial charge on any atom is -0.349 e. The zero-order valence-corrected chi connectivity index (χ0v) is 21.5. The number of nitrogens with zero attached hydrogens (tertiary/aromatic N) is 7. The smallest absolute Gasteiger partial charge is 0.349 e. The van der Waals surface area contributed by atoms with Gasteiger partial charge in [0, 0.05) is 6.04 Å². The Hall–Kier alpha value is -4.77. The molecule has 0 radical (unpaired) electrons. The van der Waals surface area contributed by atoms with Crippen molar-refractivity contribution in [2.24, 2.45) is 0 Å². The molecule has 1 fully saturated rings. The number of carbonyl (C=O) groups is 2. The number of anilines is 1. The van der Waals surface area contributed by atoms with E-state index < -0.39 is 30.4 Å². The van der Waals surface area contributed by atoms with E-state index in [4.69, 9.17) is 11.6 Å². The predicted octanol–water partition coefficient (Wildman–Crippen LogP) is 3.90. The molecule has 11 nitrogen and oxygen atoms in total. The topological polar surface area (TPSA) is 143 Å². The summed E-state index contributed by atoms with van der Waals surface area (Å²) in [5.74, 6) is -2.50. The molecular weight excluding hydrogens is 551 g/mol. The van der Waals surface area contributed by atoms with Crippen LogP contribution in [0, 0.1) is 18.3 Å². The van der Waals surface area contributed by atoms with Crippen LogP contribution in [0.15, 0.2) is 42.5 Å². The number of hydrogen-bond donors (Lipinski definition) is 2. The highest BCUT2D eigenvalue weighted by molar-refractivity contribution is 6.32. The second-order valence-corrected chi connectivity index (χ2v) is 9.48. The summed E-state index contributed by atoms with van der Waals surface area (Å²) in [6.45, 7) is 1.14. The summed E-state index contributed by atoms with van der Waals surface area (Å²) >= 11 is 6.35. The van der Waals surface area contributed by atoms with Crippen molar-refractivity contribution >= 4 is 29.1 Å². The first kappa shape index (κ1) is 26.8. The average molecular weight is 570 g/mol. The van der Waals surface area contributed by atoms with Crippen molar-refractivity contribution in [3.8, 4) is 11.8 Å². The molecule has 0 aliphatic heterocycles. The third-order valence-corrected chi connectivity index (χ3v) is 6.35. The minimum absolute atomic E-state index is 0.0270. The van der Waals surface area contributed by atoms with Crippen LogP contribution in [0.2, 0.25) is 5.02 Å². The zero-order chi connectivity index (χ0) is 28.6. The molecule has 15 heteroatoms. The normalized spacial score (nSPS) is 13.1. The van der Waals surface area contributed by atoms with Crippen LogP contribution in [0.3, 0.4) is 0 Å². The summed E-state index contributed by atoms with van der Waals surface area (Å²) in [6.07, 6.45) is -3.14. The van der Waals surface area contributed by atoms with Crippen molar-refractivity contribution in [3.05, 3.63) is 81.4 Å². The molecule has 1 aliphatic carbocycles. The number of carbonyl (C=O) groups excluding carboxylic acids is 2. The number of aryl methyl sites for hydroxylation is 1. The van der Waals surface area contributed by atoms with E-state index in [2.05, 4.69) is 31.3 Å². The molecule has 0 saturated heterocycles. The van der Waals surface area contributed by atoms with Crippen LogP contribution < -0.4 is 10.6 Å². The van der Waals surface area contributed by atoms with E-state index in [1.165, 1.54) is 22.9 Å². The largest absolute Gasteiger partial charge is 0.453 e. The molecule has 2 aromatic heterocycles. The van der Waals surface area contributed by atoms with E-state index in [1.54, 1.807) is 31.2 Å². The molecular formula is C25H19ClF3N9O2. The molecule has 40 heavy (non-hydrogen) atoms. The first-order valence-electron chi connectivity index (χ1n) is 11.9. The number of halogens is 4. The lowest BCUT2D eigenvalue weighted by Crippen LogP contribution is -2.28. The van der Waals surface area contributed by atoms with Gasteiger partial charge in [-0.25, -0.2) is 9.36 Å².